The molecule has 0 fully saturated rings. The molecule has 0 amide bonds. The summed E-state index contributed by atoms with van der Waals surface area (Å²) < 4.78 is 2.10. The predicted octanol–water partition coefficient (Wildman–Crippen LogP) is 3.02. The summed E-state index contributed by atoms with van der Waals surface area (Å²) in [6.07, 6.45) is 5.90. The second-order valence-electron chi connectivity index (χ2n) is 5.25. The van der Waals surface area contributed by atoms with Crippen LogP contribution in [0.3, 0.4) is 0 Å². The number of hydrogen-bond donors (Lipinski definition) is 1. The van der Waals surface area contributed by atoms with Gasteiger partial charge in [-0.2, -0.15) is 0 Å². The molecule has 2 aromatic rings. The van der Waals surface area contributed by atoms with E-state index in [0.717, 1.165) is 18.5 Å². The van der Waals surface area contributed by atoms with E-state index < -0.39 is 5.54 Å². The number of nitrogens with two attached hydrogens (primary N) is 1. The third kappa shape index (κ3) is 2.46. The van der Waals surface area contributed by atoms with Crippen LogP contribution in [0.2, 0.25) is 0 Å². The van der Waals surface area contributed by atoms with Crippen molar-refractivity contribution < 1.29 is 0 Å². The summed E-state index contributed by atoms with van der Waals surface area (Å²) >= 11 is 0. The Balaban J connectivity index is 2.53. The fourth-order valence-electron chi connectivity index (χ4n) is 2.19. The lowest BCUT2D eigenvalue weighted by Gasteiger charge is -2.22. The third-order valence-corrected chi connectivity index (χ3v) is 3.07. The number of aromatic nitrogens is 2. The predicted molar refractivity (Wildman–Crippen MR) is 74.8 cm³/mol. The van der Waals surface area contributed by atoms with E-state index in [1.807, 2.05) is 26.4 Å². The fraction of sp³-hybridized carbons (Fsp3) is 0.400. The van der Waals surface area contributed by atoms with Gasteiger partial charge in [0, 0.05) is 0 Å². The standard InChI is InChI=1S/C15H21N3/c1-4-7-12-8-5-6-9-13(12)18-11-17-10-14(18)15(2,3)16/h5-6,8-11H,4,7,16H2,1-3H3. The first-order chi connectivity index (χ1) is 8.54. The first-order valence-corrected chi connectivity index (χ1v) is 6.44. The van der Waals surface area contributed by atoms with Crippen LogP contribution in [0.15, 0.2) is 36.8 Å². The van der Waals surface area contributed by atoms with Crippen molar-refractivity contribution in [3.8, 4) is 5.69 Å². The number of para-hydroxylation sites is 1. The van der Waals surface area contributed by atoms with E-state index in [9.17, 15) is 0 Å². The van der Waals surface area contributed by atoms with Crippen LogP contribution in [0.1, 0.15) is 38.4 Å². The van der Waals surface area contributed by atoms with Crippen molar-refractivity contribution >= 4 is 0 Å². The summed E-state index contributed by atoms with van der Waals surface area (Å²) in [7, 11) is 0. The highest BCUT2D eigenvalue weighted by molar-refractivity contribution is 5.43. The lowest BCUT2D eigenvalue weighted by molar-refractivity contribution is 0.524. The molecule has 0 radical (unpaired) electrons. The zero-order chi connectivity index (χ0) is 13.2. The SMILES string of the molecule is CCCc1ccccc1-n1cncc1C(C)(C)N. The minimum Gasteiger partial charge on any atom is -0.321 e. The molecule has 0 unspecified atom stereocenters. The second-order valence-corrected chi connectivity index (χ2v) is 5.25. The van der Waals surface area contributed by atoms with Crippen molar-refractivity contribution in [2.75, 3.05) is 0 Å². The number of imidazole rings is 1. The molecule has 0 saturated heterocycles. The molecule has 96 valence electrons. The molecule has 3 nitrogen and oxygen atoms in total. The summed E-state index contributed by atoms with van der Waals surface area (Å²) in [6.45, 7) is 6.20. The molecule has 0 spiro atoms. The minimum absolute atomic E-state index is 0.393. The molecule has 2 N–H and O–H groups in total. The summed E-state index contributed by atoms with van der Waals surface area (Å²) in [4.78, 5) is 4.25. The summed E-state index contributed by atoms with van der Waals surface area (Å²) in [5.74, 6) is 0. The van der Waals surface area contributed by atoms with Crippen LogP contribution in [-0.4, -0.2) is 9.55 Å². The first kappa shape index (κ1) is 12.8. The lowest BCUT2D eigenvalue weighted by atomic mass is 10.0. The maximum Gasteiger partial charge on any atom is 0.0994 e. The molecule has 0 aliphatic carbocycles. The largest absolute Gasteiger partial charge is 0.321 e. The van der Waals surface area contributed by atoms with Gasteiger partial charge >= 0.3 is 0 Å². The van der Waals surface area contributed by atoms with E-state index >= 15 is 0 Å². The van der Waals surface area contributed by atoms with Crippen molar-refractivity contribution in [2.24, 2.45) is 5.73 Å². The van der Waals surface area contributed by atoms with Gasteiger partial charge in [0.1, 0.15) is 0 Å². The molecular formula is C15H21N3. The van der Waals surface area contributed by atoms with E-state index in [-0.39, 0.29) is 0 Å². The van der Waals surface area contributed by atoms with Crippen LogP contribution in [0.5, 0.6) is 0 Å². The van der Waals surface area contributed by atoms with E-state index in [0.29, 0.717) is 0 Å². The number of benzene rings is 1. The van der Waals surface area contributed by atoms with Crippen molar-refractivity contribution in [2.45, 2.75) is 39.2 Å². The number of aryl methyl sites for hydroxylation is 1. The number of nitrogens with zero attached hydrogens (tertiary/aromatic N) is 2. The molecular weight excluding hydrogens is 222 g/mol. The second kappa shape index (κ2) is 4.94. The van der Waals surface area contributed by atoms with Crippen LogP contribution in [0.4, 0.5) is 0 Å². The molecule has 1 heterocycles. The molecule has 3 heteroatoms. The highest BCUT2D eigenvalue weighted by Crippen LogP contribution is 2.23. The van der Waals surface area contributed by atoms with Crippen LogP contribution in [0, 0.1) is 0 Å². The van der Waals surface area contributed by atoms with E-state index in [1.165, 1.54) is 11.3 Å². The van der Waals surface area contributed by atoms with Crippen LogP contribution >= 0.6 is 0 Å². The Labute approximate surface area is 109 Å². The minimum atomic E-state index is -0.393. The van der Waals surface area contributed by atoms with Crippen LogP contribution < -0.4 is 5.73 Å². The van der Waals surface area contributed by atoms with Crippen LogP contribution in [0.25, 0.3) is 5.69 Å². The molecule has 18 heavy (non-hydrogen) atoms. The Bertz CT molecular complexity index is 521. The van der Waals surface area contributed by atoms with Gasteiger partial charge in [-0.1, -0.05) is 31.5 Å². The van der Waals surface area contributed by atoms with Crippen molar-refractivity contribution in [3.05, 3.63) is 48.0 Å². The molecule has 1 aromatic carbocycles. The maximum absolute atomic E-state index is 6.20. The average Bonchev–Trinajstić information content (AvgIpc) is 2.78. The summed E-state index contributed by atoms with van der Waals surface area (Å²) in [6, 6.07) is 8.44. The van der Waals surface area contributed by atoms with Gasteiger partial charge in [0.15, 0.2) is 0 Å². The molecule has 2 rings (SSSR count). The zero-order valence-electron chi connectivity index (χ0n) is 11.4. The van der Waals surface area contributed by atoms with E-state index in [2.05, 4.69) is 40.7 Å². The topological polar surface area (TPSA) is 43.8 Å². The van der Waals surface area contributed by atoms with Gasteiger partial charge in [-0.25, -0.2) is 4.98 Å². The summed E-state index contributed by atoms with van der Waals surface area (Å²) in [5, 5.41) is 0. The van der Waals surface area contributed by atoms with Crippen molar-refractivity contribution in [1.82, 2.24) is 9.55 Å². The Morgan fingerprint density at radius 3 is 2.67 bits per heavy atom. The Morgan fingerprint density at radius 1 is 1.28 bits per heavy atom. The zero-order valence-corrected chi connectivity index (χ0v) is 11.4. The van der Waals surface area contributed by atoms with Gasteiger partial charge in [0.25, 0.3) is 0 Å². The van der Waals surface area contributed by atoms with Gasteiger partial charge in [-0.05, 0) is 31.9 Å². The summed E-state index contributed by atoms with van der Waals surface area (Å²) in [5.41, 5.74) is 9.37. The molecule has 1 aromatic heterocycles. The maximum atomic E-state index is 6.20. The molecule has 0 atom stereocenters. The van der Waals surface area contributed by atoms with Gasteiger partial charge in [-0.15, -0.1) is 0 Å². The highest BCUT2D eigenvalue weighted by Gasteiger charge is 2.20. The van der Waals surface area contributed by atoms with Gasteiger partial charge < -0.3 is 10.3 Å². The molecule has 0 saturated carbocycles. The average molecular weight is 243 g/mol. The Kier molecular flexibility index (Phi) is 3.53. The third-order valence-electron chi connectivity index (χ3n) is 3.07. The van der Waals surface area contributed by atoms with Gasteiger partial charge in [-0.3, -0.25) is 0 Å². The van der Waals surface area contributed by atoms with Gasteiger partial charge in [0.2, 0.25) is 0 Å². The Hall–Kier alpha value is -1.61. The fourth-order valence-corrected chi connectivity index (χ4v) is 2.19. The van der Waals surface area contributed by atoms with Crippen LogP contribution in [-0.2, 0) is 12.0 Å². The van der Waals surface area contributed by atoms with Crippen molar-refractivity contribution in [3.63, 3.8) is 0 Å². The number of rotatable bonds is 4. The normalized spacial score (nSPS) is 11.8. The lowest BCUT2D eigenvalue weighted by Crippen LogP contribution is -2.31. The number of hydrogen-bond acceptors (Lipinski definition) is 2. The van der Waals surface area contributed by atoms with Gasteiger partial charge in [0.05, 0.1) is 29.4 Å². The first-order valence-electron chi connectivity index (χ1n) is 6.44. The van der Waals surface area contributed by atoms with E-state index in [4.69, 9.17) is 5.73 Å². The molecule has 0 aliphatic heterocycles. The van der Waals surface area contributed by atoms with E-state index in [1.54, 1.807) is 0 Å². The monoisotopic (exact) mass is 243 g/mol. The Morgan fingerprint density at radius 2 is 2.00 bits per heavy atom. The molecule has 0 bridgehead atoms. The van der Waals surface area contributed by atoms with Crippen molar-refractivity contribution in [1.29, 1.82) is 0 Å². The molecule has 0 aliphatic rings. The quantitative estimate of drug-likeness (QED) is 0.897. The smallest absolute Gasteiger partial charge is 0.0994 e. The highest BCUT2D eigenvalue weighted by atomic mass is 15.1.